The molecule has 0 aliphatic rings. The summed E-state index contributed by atoms with van der Waals surface area (Å²) in [6, 6.07) is 12.6. The second kappa shape index (κ2) is 12.7. The molecule has 40 heavy (non-hydrogen) atoms. The van der Waals surface area contributed by atoms with Crippen LogP contribution in [0.3, 0.4) is 0 Å². The normalized spacial score (nSPS) is 11.1. The van der Waals surface area contributed by atoms with Crippen LogP contribution in [0.5, 0.6) is 0 Å². The number of nitrogens with zero attached hydrogens (tertiary/aromatic N) is 1. The number of nitrogens with one attached hydrogen (secondary N) is 2. The molecule has 206 valence electrons. The minimum Gasteiger partial charge on any atom is -0.320 e. The molecule has 2 amide bonds. The Labute approximate surface area is 239 Å². The fourth-order valence-corrected chi connectivity index (χ4v) is 4.69. The van der Waals surface area contributed by atoms with E-state index in [2.05, 4.69) is 82.8 Å². The zero-order valence-corrected chi connectivity index (χ0v) is 24.8. The van der Waals surface area contributed by atoms with Crippen molar-refractivity contribution in [2.75, 3.05) is 10.6 Å². The molecule has 3 aromatic rings. The third kappa shape index (κ3) is 6.61. The lowest BCUT2D eigenvalue weighted by Crippen LogP contribution is -2.21. The number of rotatable bonds is 8. The summed E-state index contributed by atoms with van der Waals surface area (Å²) in [6.45, 7) is 16.5. The number of aromatic nitrogens is 1. The van der Waals surface area contributed by atoms with Crippen LogP contribution >= 0.6 is 0 Å². The highest BCUT2D eigenvalue weighted by Crippen LogP contribution is 2.35. The van der Waals surface area contributed by atoms with Gasteiger partial charge in [0.2, 0.25) is 0 Å². The van der Waals surface area contributed by atoms with Crippen LogP contribution in [-0.4, -0.2) is 16.8 Å². The third-order valence-electron chi connectivity index (χ3n) is 6.91. The Balaban J connectivity index is 1.98. The number of carbonyl (C=O) groups is 2. The van der Waals surface area contributed by atoms with E-state index in [0.717, 1.165) is 44.8 Å². The quantitative estimate of drug-likeness (QED) is 0.288. The lowest BCUT2D eigenvalue weighted by atomic mass is 9.90. The highest BCUT2D eigenvalue weighted by molar-refractivity contribution is 6.07. The number of hydrogen-bond acceptors (Lipinski definition) is 3. The van der Waals surface area contributed by atoms with Crippen molar-refractivity contribution >= 4 is 23.2 Å². The number of anilines is 2. The van der Waals surface area contributed by atoms with Crippen LogP contribution in [-0.2, 0) is 0 Å². The van der Waals surface area contributed by atoms with Crippen molar-refractivity contribution in [1.29, 1.82) is 0 Å². The molecular formula is C35H39N3O2. The van der Waals surface area contributed by atoms with Gasteiger partial charge in [0.25, 0.3) is 11.8 Å². The van der Waals surface area contributed by atoms with E-state index in [-0.39, 0.29) is 35.1 Å². The molecule has 3 rings (SSSR count). The molecule has 0 saturated carbocycles. The van der Waals surface area contributed by atoms with Crippen molar-refractivity contribution in [3.05, 3.63) is 87.2 Å². The maximum absolute atomic E-state index is 13.4. The summed E-state index contributed by atoms with van der Waals surface area (Å²) in [5.41, 5.74) is 7.16. The van der Waals surface area contributed by atoms with Gasteiger partial charge in [0.15, 0.2) is 0 Å². The topological polar surface area (TPSA) is 71.1 Å². The largest absolute Gasteiger partial charge is 0.320 e. The molecule has 2 N–H and O–H groups in total. The van der Waals surface area contributed by atoms with Crippen molar-refractivity contribution in [3.63, 3.8) is 0 Å². The minimum atomic E-state index is -0.393. The molecule has 0 bridgehead atoms. The average Bonchev–Trinajstić information content (AvgIpc) is 2.92. The molecule has 0 spiro atoms. The smallest absolute Gasteiger partial charge is 0.274 e. The van der Waals surface area contributed by atoms with Crippen LogP contribution in [0.2, 0.25) is 0 Å². The zero-order valence-electron chi connectivity index (χ0n) is 24.8. The van der Waals surface area contributed by atoms with E-state index in [9.17, 15) is 9.59 Å². The predicted octanol–water partition coefficient (Wildman–Crippen LogP) is 8.04. The lowest BCUT2D eigenvalue weighted by molar-refractivity contribution is 0.101. The van der Waals surface area contributed by atoms with E-state index in [1.165, 1.54) is 0 Å². The van der Waals surface area contributed by atoms with E-state index in [1.54, 1.807) is 18.2 Å². The van der Waals surface area contributed by atoms with Gasteiger partial charge in [-0.25, -0.2) is 4.98 Å². The van der Waals surface area contributed by atoms with Gasteiger partial charge in [0.05, 0.1) is 0 Å². The second-order valence-corrected chi connectivity index (χ2v) is 11.3. The Bertz CT molecular complexity index is 1350. The van der Waals surface area contributed by atoms with Gasteiger partial charge in [-0.1, -0.05) is 73.3 Å². The summed E-state index contributed by atoms with van der Waals surface area (Å²) < 4.78 is 0. The summed E-state index contributed by atoms with van der Waals surface area (Å²) in [4.78, 5) is 31.3. The SMILES string of the molecule is C#Cc1cc(C(C)C)c(NC(=O)c2cccc(C(=O)Nc3c(C(C)C)cc(C#C)cc3C(C)C)n2)c(C(C)C)c1. The third-order valence-corrected chi connectivity index (χ3v) is 6.91. The summed E-state index contributed by atoms with van der Waals surface area (Å²) in [5.74, 6) is 5.20. The minimum absolute atomic E-state index is 0.136. The van der Waals surface area contributed by atoms with Crippen molar-refractivity contribution < 1.29 is 9.59 Å². The summed E-state index contributed by atoms with van der Waals surface area (Å²) in [5, 5.41) is 6.13. The van der Waals surface area contributed by atoms with Gasteiger partial charge in [0.1, 0.15) is 11.4 Å². The number of carbonyl (C=O) groups excluding carboxylic acids is 2. The first-order valence-electron chi connectivity index (χ1n) is 13.8. The fraction of sp³-hybridized carbons (Fsp3) is 0.343. The molecule has 1 heterocycles. The summed E-state index contributed by atoms with van der Waals surface area (Å²) in [7, 11) is 0. The monoisotopic (exact) mass is 533 g/mol. The Morgan fingerprint density at radius 1 is 0.625 bits per heavy atom. The fourth-order valence-electron chi connectivity index (χ4n) is 4.69. The van der Waals surface area contributed by atoms with Crippen LogP contribution in [0, 0.1) is 24.7 Å². The molecule has 1 aromatic heterocycles. The van der Waals surface area contributed by atoms with E-state index in [0.29, 0.717) is 0 Å². The number of hydrogen-bond donors (Lipinski definition) is 2. The first-order valence-corrected chi connectivity index (χ1v) is 13.8. The van der Waals surface area contributed by atoms with Gasteiger partial charge >= 0.3 is 0 Å². The van der Waals surface area contributed by atoms with Gasteiger partial charge in [-0.2, -0.15) is 0 Å². The van der Waals surface area contributed by atoms with Crippen LogP contribution in [0.15, 0.2) is 42.5 Å². The molecule has 0 aliphatic carbocycles. The Morgan fingerprint density at radius 3 is 1.18 bits per heavy atom. The highest BCUT2D eigenvalue weighted by atomic mass is 16.2. The molecule has 5 nitrogen and oxygen atoms in total. The first-order chi connectivity index (χ1) is 18.9. The first kappa shape index (κ1) is 30.2. The standard InChI is InChI=1S/C35H39N3O2/c1-11-24-16-26(20(3)4)32(27(17-24)21(5)6)37-34(39)30-14-13-15-31(36-30)35(40)38-33-28(22(7)8)18-25(12-2)19-29(33)23(9)10/h1-2,13-23H,3-10H3,(H,37,39)(H,38,40). The average molecular weight is 534 g/mol. The van der Waals surface area contributed by atoms with Crippen LogP contribution in [0.4, 0.5) is 11.4 Å². The van der Waals surface area contributed by atoms with E-state index >= 15 is 0 Å². The summed E-state index contributed by atoms with van der Waals surface area (Å²) in [6.07, 6.45) is 11.4. The van der Waals surface area contributed by atoms with Crippen molar-refractivity contribution in [2.24, 2.45) is 0 Å². The maximum Gasteiger partial charge on any atom is 0.274 e. The molecule has 5 heteroatoms. The lowest BCUT2D eigenvalue weighted by Gasteiger charge is -2.21. The molecule has 0 unspecified atom stereocenters. The molecular weight excluding hydrogens is 494 g/mol. The Kier molecular flexibility index (Phi) is 9.56. The maximum atomic E-state index is 13.4. The number of pyridine rings is 1. The Hall–Kier alpha value is -4.35. The molecule has 0 saturated heterocycles. The van der Waals surface area contributed by atoms with Crippen LogP contribution in [0.1, 0.15) is 133 Å². The van der Waals surface area contributed by atoms with Crippen molar-refractivity contribution in [3.8, 4) is 24.7 Å². The Morgan fingerprint density at radius 2 is 0.925 bits per heavy atom. The van der Waals surface area contributed by atoms with E-state index in [4.69, 9.17) is 12.8 Å². The molecule has 0 radical (unpaired) electrons. The number of benzene rings is 2. The van der Waals surface area contributed by atoms with Gasteiger partial charge in [-0.3, -0.25) is 9.59 Å². The molecule has 0 fully saturated rings. The highest BCUT2D eigenvalue weighted by Gasteiger charge is 2.22. The van der Waals surface area contributed by atoms with Gasteiger partial charge in [-0.15, -0.1) is 12.8 Å². The van der Waals surface area contributed by atoms with Gasteiger partial charge < -0.3 is 10.6 Å². The predicted molar refractivity (Wildman–Crippen MR) is 165 cm³/mol. The van der Waals surface area contributed by atoms with Gasteiger partial charge in [-0.05, 0) is 82.3 Å². The second-order valence-electron chi connectivity index (χ2n) is 11.3. The van der Waals surface area contributed by atoms with E-state index < -0.39 is 11.8 Å². The molecule has 0 atom stereocenters. The van der Waals surface area contributed by atoms with Crippen LogP contribution in [0.25, 0.3) is 0 Å². The number of terminal acetylenes is 2. The van der Waals surface area contributed by atoms with E-state index in [1.807, 2.05) is 24.3 Å². The number of amides is 2. The van der Waals surface area contributed by atoms with Crippen molar-refractivity contribution in [1.82, 2.24) is 4.98 Å². The zero-order chi connectivity index (χ0) is 29.7. The molecule has 2 aromatic carbocycles. The molecule has 0 aliphatic heterocycles. The van der Waals surface area contributed by atoms with Gasteiger partial charge in [0, 0.05) is 22.5 Å². The van der Waals surface area contributed by atoms with Crippen LogP contribution < -0.4 is 10.6 Å². The summed E-state index contributed by atoms with van der Waals surface area (Å²) >= 11 is 0. The van der Waals surface area contributed by atoms with Crippen molar-refractivity contribution in [2.45, 2.75) is 79.1 Å².